The molecule has 0 aromatic rings. The number of urea groups is 1. The summed E-state index contributed by atoms with van der Waals surface area (Å²) in [4.78, 5) is 16.4. The second-order valence-electron chi connectivity index (χ2n) is 6.47. The van der Waals surface area contributed by atoms with Gasteiger partial charge in [-0.3, -0.25) is 10.7 Å². The van der Waals surface area contributed by atoms with Gasteiger partial charge in [0.15, 0.2) is 0 Å². The number of hydrogen-bond acceptors (Lipinski definition) is 3. The Bertz CT molecular complexity index is 370. The summed E-state index contributed by atoms with van der Waals surface area (Å²) in [6.07, 6.45) is 1.74. The first-order valence-electron chi connectivity index (χ1n) is 7.28. The van der Waals surface area contributed by atoms with Crippen LogP contribution >= 0.6 is 0 Å². The highest BCUT2D eigenvalue weighted by molar-refractivity contribution is 6.08. The predicted molar refractivity (Wildman–Crippen MR) is 76.5 cm³/mol. The Balaban J connectivity index is 2.16. The molecule has 2 aliphatic heterocycles. The van der Waals surface area contributed by atoms with Gasteiger partial charge in [0, 0.05) is 25.7 Å². The van der Waals surface area contributed by atoms with Gasteiger partial charge in [0.2, 0.25) is 0 Å². The molecule has 0 aromatic heterocycles. The molecule has 2 aliphatic rings. The Labute approximate surface area is 115 Å². The van der Waals surface area contributed by atoms with Gasteiger partial charge in [0.05, 0.1) is 0 Å². The summed E-state index contributed by atoms with van der Waals surface area (Å²) >= 11 is 0. The van der Waals surface area contributed by atoms with Crippen molar-refractivity contribution in [2.45, 2.75) is 52.1 Å². The van der Waals surface area contributed by atoms with Gasteiger partial charge in [-0.05, 0) is 32.6 Å². The zero-order valence-electron chi connectivity index (χ0n) is 12.5. The third kappa shape index (κ3) is 2.48. The lowest BCUT2D eigenvalue weighted by molar-refractivity contribution is 0.0819. The van der Waals surface area contributed by atoms with E-state index in [0.717, 1.165) is 32.5 Å². The molecule has 5 heteroatoms. The van der Waals surface area contributed by atoms with Crippen LogP contribution in [0.5, 0.6) is 0 Å². The Morgan fingerprint density at radius 1 is 1.26 bits per heavy atom. The molecule has 19 heavy (non-hydrogen) atoms. The average molecular weight is 266 g/mol. The van der Waals surface area contributed by atoms with Crippen molar-refractivity contribution in [1.29, 1.82) is 5.41 Å². The molecule has 108 valence electrons. The molecule has 2 heterocycles. The summed E-state index contributed by atoms with van der Waals surface area (Å²) in [6, 6.07) is 0.451. The number of rotatable bonds is 3. The molecule has 0 aromatic carbocycles. The van der Waals surface area contributed by atoms with Crippen molar-refractivity contribution in [1.82, 2.24) is 15.1 Å². The molecule has 2 rings (SSSR count). The summed E-state index contributed by atoms with van der Waals surface area (Å²) in [7, 11) is 0. The number of amidine groups is 1. The summed E-state index contributed by atoms with van der Waals surface area (Å²) in [5.74, 6) is 0.832. The highest BCUT2D eigenvalue weighted by Gasteiger charge is 2.51. The van der Waals surface area contributed by atoms with Crippen LogP contribution in [-0.2, 0) is 0 Å². The van der Waals surface area contributed by atoms with Crippen LogP contribution in [0.3, 0.4) is 0 Å². The van der Waals surface area contributed by atoms with E-state index < -0.39 is 0 Å². The molecule has 2 N–H and O–H groups in total. The molecule has 0 unspecified atom stereocenters. The van der Waals surface area contributed by atoms with Crippen LogP contribution in [0.15, 0.2) is 0 Å². The molecular formula is C14H26N4O. The molecule has 0 saturated carbocycles. The topological polar surface area (TPSA) is 59.4 Å². The van der Waals surface area contributed by atoms with E-state index in [1.54, 1.807) is 0 Å². The molecule has 0 bridgehead atoms. The van der Waals surface area contributed by atoms with E-state index in [0.29, 0.717) is 17.8 Å². The van der Waals surface area contributed by atoms with Crippen LogP contribution in [-0.4, -0.2) is 52.9 Å². The van der Waals surface area contributed by atoms with Gasteiger partial charge in [-0.15, -0.1) is 0 Å². The third-order valence-electron chi connectivity index (χ3n) is 4.36. The smallest absolute Gasteiger partial charge is 0.311 e. The minimum Gasteiger partial charge on any atom is -0.311 e. The number of hydrogen-bond donors (Lipinski definition) is 2. The highest BCUT2D eigenvalue weighted by Crippen LogP contribution is 2.34. The lowest BCUT2D eigenvalue weighted by atomic mass is 9.84. The van der Waals surface area contributed by atoms with Gasteiger partial charge in [-0.2, -0.15) is 0 Å². The van der Waals surface area contributed by atoms with Gasteiger partial charge >= 0.3 is 6.03 Å². The monoisotopic (exact) mass is 266 g/mol. The second-order valence-corrected chi connectivity index (χ2v) is 6.47. The zero-order chi connectivity index (χ0) is 14.2. The molecule has 0 radical (unpaired) electrons. The first-order valence-corrected chi connectivity index (χ1v) is 7.28. The first-order chi connectivity index (χ1) is 8.86. The summed E-state index contributed by atoms with van der Waals surface area (Å²) in [5.41, 5.74) is -0.368. The summed E-state index contributed by atoms with van der Waals surface area (Å²) in [5, 5.41) is 10.9. The standard InChI is InChI=1S/C14H26N4O/c1-10(2)9-18-13(19)16-12(15)14(18)5-7-17(8-6-14)11(3)4/h10-11H,5-9H2,1-4H3,(H2,15,16,19). The zero-order valence-corrected chi connectivity index (χ0v) is 12.5. The third-order valence-corrected chi connectivity index (χ3v) is 4.36. The maximum absolute atomic E-state index is 12.1. The van der Waals surface area contributed by atoms with Crippen molar-refractivity contribution in [2.24, 2.45) is 5.92 Å². The number of amides is 2. The van der Waals surface area contributed by atoms with E-state index in [1.165, 1.54) is 0 Å². The maximum atomic E-state index is 12.1. The fourth-order valence-corrected chi connectivity index (χ4v) is 3.17. The number of carbonyl (C=O) groups is 1. The first kappa shape index (κ1) is 14.3. The van der Waals surface area contributed by atoms with E-state index in [2.05, 4.69) is 37.9 Å². The number of likely N-dealkylation sites (tertiary alicyclic amines) is 1. The SMILES string of the molecule is CC(C)CN1C(=O)NC(=N)C12CCN(C(C)C)CC2. The molecular weight excluding hydrogens is 240 g/mol. The van der Waals surface area contributed by atoms with Crippen molar-refractivity contribution in [3.8, 4) is 0 Å². The number of nitrogens with one attached hydrogen (secondary N) is 2. The number of nitrogens with zero attached hydrogens (tertiary/aromatic N) is 2. The predicted octanol–water partition coefficient (Wildman–Crippen LogP) is 1.89. The van der Waals surface area contributed by atoms with Gasteiger partial charge < -0.3 is 9.80 Å². The van der Waals surface area contributed by atoms with Gasteiger partial charge in [0.1, 0.15) is 11.4 Å². The minimum atomic E-state index is -0.368. The number of carbonyl (C=O) groups excluding carboxylic acids is 1. The summed E-state index contributed by atoms with van der Waals surface area (Å²) < 4.78 is 0. The Kier molecular flexibility index (Phi) is 3.85. The number of piperidine rings is 1. The quantitative estimate of drug-likeness (QED) is 0.819. The second kappa shape index (κ2) is 5.12. The van der Waals surface area contributed by atoms with Crippen molar-refractivity contribution in [3.05, 3.63) is 0 Å². The normalized spacial score (nSPS) is 23.8. The molecule has 2 amide bonds. The molecule has 0 aliphatic carbocycles. The van der Waals surface area contributed by atoms with Crippen LogP contribution in [0.4, 0.5) is 4.79 Å². The molecule has 2 fully saturated rings. The molecule has 2 saturated heterocycles. The van der Waals surface area contributed by atoms with Crippen LogP contribution < -0.4 is 5.32 Å². The Hall–Kier alpha value is -1.10. The van der Waals surface area contributed by atoms with Crippen molar-refractivity contribution < 1.29 is 4.79 Å². The van der Waals surface area contributed by atoms with E-state index in [1.807, 2.05) is 4.90 Å². The fourth-order valence-electron chi connectivity index (χ4n) is 3.17. The Morgan fingerprint density at radius 2 is 1.84 bits per heavy atom. The van der Waals surface area contributed by atoms with E-state index in [-0.39, 0.29) is 11.6 Å². The van der Waals surface area contributed by atoms with Crippen LogP contribution in [0.1, 0.15) is 40.5 Å². The van der Waals surface area contributed by atoms with Crippen molar-refractivity contribution >= 4 is 11.9 Å². The molecule has 0 atom stereocenters. The minimum absolute atomic E-state index is 0.0864. The average Bonchev–Trinajstić information content (AvgIpc) is 2.54. The largest absolute Gasteiger partial charge is 0.323 e. The molecule has 1 spiro atoms. The highest BCUT2D eigenvalue weighted by atomic mass is 16.2. The Morgan fingerprint density at radius 3 is 2.32 bits per heavy atom. The van der Waals surface area contributed by atoms with Crippen molar-refractivity contribution in [2.75, 3.05) is 19.6 Å². The van der Waals surface area contributed by atoms with Gasteiger partial charge in [-0.25, -0.2) is 4.79 Å². The lowest BCUT2D eigenvalue weighted by Gasteiger charge is -2.45. The van der Waals surface area contributed by atoms with Crippen molar-refractivity contribution in [3.63, 3.8) is 0 Å². The lowest BCUT2D eigenvalue weighted by Crippen LogP contribution is -2.57. The van der Waals surface area contributed by atoms with Crippen LogP contribution in [0.2, 0.25) is 0 Å². The van der Waals surface area contributed by atoms with Gasteiger partial charge in [0.25, 0.3) is 0 Å². The van der Waals surface area contributed by atoms with Gasteiger partial charge in [-0.1, -0.05) is 13.8 Å². The van der Waals surface area contributed by atoms with E-state index in [4.69, 9.17) is 5.41 Å². The van der Waals surface area contributed by atoms with Crippen LogP contribution in [0.25, 0.3) is 0 Å². The maximum Gasteiger partial charge on any atom is 0.323 e. The van der Waals surface area contributed by atoms with Crippen LogP contribution in [0, 0.1) is 11.3 Å². The summed E-state index contributed by atoms with van der Waals surface area (Å²) in [6.45, 7) is 11.3. The fraction of sp³-hybridized carbons (Fsp3) is 0.857. The van der Waals surface area contributed by atoms with E-state index >= 15 is 0 Å². The van der Waals surface area contributed by atoms with E-state index in [9.17, 15) is 4.79 Å². The molecule has 5 nitrogen and oxygen atoms in total.